The molecule has 70 valence electrons. The lowest BCUT2D eigenvalue weighted by Crippen LogP contribution is -2.11. The van der Waals surface area contributed by atoms with E-state index in [1.54, 1.807) is 0 Å². The Morgan fingerprint density at radius 1 is 1.46 bits per heavy atom. The molecular formula is C10H13NOS. The number of hydrogen-bond donors (Lipinski definition) is 0. The summed E-state index contributed by atoms with van der Waals surface area (Å²) in [4.78, 5) is 17.3. The molecular weight excluding hydrogens is 182 g/mol. The summed E-state index contributed by atoms with van der Waals surface area (Å²) in [6.45, 7) is 6.00. The molecule has 0 N–H and O–H groups in total. The van der Waals surface area contributed by atoms with Gasteiger partial charge in [-0.05, 0) is 26.7 Å². The van der Waals surface area contributed by atoms with Gasteiger partial charge in [-0.1, -0.05) is 6.92 Å². The molecule has 0 aromatic carbocycles. The average Bonchev–Trinajstić information content (AvgIpc) is 2.74. The Bertz CT molecular complexity index is 344. The van der Waals surface area contributed by atoms with Crippen LogP contribution in [0.2, 0.25) is 0 Å². The predicted octanol–water partition coefficient (Wildman–Crippen LogP) is 2.74. The molecule has 13 heavy (non-hydrogen) atoms. The number of nitrogens with zero attached hydrogens (tertiary/aromatic N) is 1. The third-order valence-corrected chi connectivity index (χ3v) is 3.84. The smallest absolute Gasteiger partial charge is 0.197 e. The fourth-order valence-corrected chi connectivity index (χ4v) is 2.25. The van der Waals surface area contributed by atoms with Crippen molar-refractivity contribution in [3.05, 3.63) is 15.6 Å². The van der Waals surface area contributed by atoms with E-state index in [1.807, 2.05) is 20.8 Å². The molecule has 0 aliphatic heterocycles. The number of rotatable bonds is 2. The van der Waals surface area contributed by atoms with Crippen molar-refractivity contribution in [1.82, 2.24) is 4.98 Å². The summed E-state index contributed by atoms with van der Waals surface area (Å²) in [5, 5.41) is 0.704. The van der Waals surface area contributed by atoms with E-state index in [0.717, 1.165) is 23.4 Å². The summed E-state index contributed by atoms with van der Waals surface area (Å²) >= 11 is 1.53. The van der Waals surface area contributed by atoms with Crippen LogP contribution in [0.1, 0.15) is 40.1 Å². The Balaban J connectivity index is 2.30. The number of hydrogen-bond acceptors (Lipinski definition) is 3. The van der Waals surface area contributed by atoms with E-state index in [-0.39, 0.29) is 11.2 Å². The lowest BCUT2D eigenvalue weighted by molar-refractivity contribution is 0.0912. The van der Waals surface area contributed by atoms with Crippen LogP contribution >= 0.6 is 11.3 Å². The van der Waals surface area contributed by atoms with Gasteiger partial charge >= 0.3 is 0 Å². The van der Waals surface area contributed by atoms with E-state index in [9.17, 15) is 4.79 Å². The monoisotopic (exact) mass is 195 g/mol. The first-order valence-corrected chi connectivity index (χ1v) is 5.33. The van der Waals surface area contributed by atoms with Crippen LogP contribution in [-0.4, -0.2) is 10.8 Å². The van der Waals surface area contributed by atoms with Gasteiger partial charge in [0.15, 0.2) is 10.8 Å². The molecule has 0 spiro atoms. The quantitative estimate of drug-likeness (QED) is 0.679. The molecule has 1 fully saturated rings. The number of thiazole rings is 1. The first-order chi connectivity index (χ1) is 6.03. The van der Waals surface area contributed by atoms with Crippen molar-refractivity contribution in [2.75, 3.05) is 0 Å². The normalized spacial score (nSPS) is 18.7. The van der Waals surface area contributed by atoms with Gasteiger partial charge in [0, 0.05) is 10.3 Å². The van der Waals surface area contributed by atoms with Crippen molar-refractivity contribution >= 4 is 17.1 Å². The van der Waals surface area contributed by atoms with E-state index in [0.29, 0.717) is 5.01 Å². The minimum Gasteiger partial charge on any atom is -0.291 e. The van der Waals surface area contributed by atoms with Crippen LogP contribution < -0.4 is 0 Å². The van der Waals surface area contributed by atoms with Gasteiger partial charge in [-0.2, -0.15) is 0 Å². The Kier molecular flexibility index (Phi) is 1.80. The average molecular weight is 195 g/mol. The topological polar surface area (TPSA) is 30.0 Å². The molecule has 0 amide bonds. The standard InChI is InChI=1S/C10H13NOS/c1-6-7(2)13-9(11-6)8(12)10(3)4-5-10/h4-5H2,1-3H3. The van der Waals surface area contributed by atoms with Crippen LogP contribution in [-0.2, 0) is 0 Å². The van der Waals surface area contributed by atoms with Gasteiger partial charge in [0.25, 0.3) is 0 Å². The Hall–Kier alpha value is -0.700. The van der Waals surface area contributed by atoms with Gasteiger partial charge < -0.3 is 0 Å². The van der Waals surface area contributed by atoms with Gasteiger partial charge in [-0.3, -0.25) is 4.79 Å². The molecule has 1 aromatic rings. The van der Waals surface area contributed by atoms with Gasteiger partial charge in [-0.15, -0.1) is 11.3 Å². The van der Waals surface area contributed by atoms with Crippen LogP contribution in [0.5, 0.6) is 0 Å². The second kappa shape index (κ2) is 2.64. The Morgan fingerprint density at radius 3 is 2.46 bits per heavy atom. The van der Waals surface area contributed by atoms with Gasteiger partial charge in [0.1, 0.15) is 0 Å². The first kappa shape index (κ1) is 8.88. The first-order valence-electron chi connectivity index (χ1n) is 4.52. The molecule has 0 bridgehead atoms. The highest BCUT2D eigenvalue weighted by Gasteiger charge is 2.46. The third kappa shape index (κ3) is 1.41. The summed E-state index contributed by atoms with van der Waals surface area (Å²) in [5.74, 6) is 0.244. The van der Waals surface area contributed by atoms with Crippen molar-refractivity contribution in [2.45, 2.75) is 33.6 Å². The largest absolute Gasteiger partial charge is 0.291 e. The van der Waals surface area contributed by atoms with E-state index >= 15 is 0 Å². The zero-order valence-electron chi connectivity index (χ0n) is 8.18. The van der Waals surface area contributed by atoms with Crippen LogP contribution in [0, 0.1) is 19.3 Å². The maximum atomic E-state index is 11.8. The zero-order valence-corrected chi connectivity index (χ0v) is 8.99. The van der Waals surface area contributed by atoms with E-state index in [1.165, 1.54) is 11.3 Å². The molecule has 2 rings (SSSR count). The molecule has 2 nitrogen and oxygen atoms in total. The van der Waals surface area contributed by atoms with Crippen LogP contribution in [0.25, 0.3) is 0 Å². The molecule has 1 saturated carbocycles. The molecule has 1 aliphatic carbocycles. The SMILES string of the molecule is Cc1nc(C(=O)C2(C)CC2)sc1C. The molecule has 0 radical (unpaired) electrons. The molecule has 1 heterocycles. The van der Waals surface area contributed by atoms with E-state index in [2.05, 4.69) is 4.98 Å². The van der Waals surface area contributed by atoms with Crippen molar-refractivity contribution in [3.8, 4) is 0 Å². The number of carbonyl (C=O) groups excluding carboxylic acids is 1. The van der Waals surface area contributed by atoms with Crippen molar-refractivity contribution in [3.63, 3.8) is 0 Å². The maximum absolute atomic E-state index is 11.8. The maximum Gasteiger partial charge on any atom is 0.197 e. The van der Waals surface area contributed by atoms with Crippen molar-refractivity contribution < 1.29 is 4.79 Å². The second-order valence-corrected chi connectivity index (χ2v) is 5.25. The predicted molar refractivity (Wildman–Crippen MR) is 53.3 cm³/mol. The summed E-state index contributed by atoms with van der Waals surface area (Å²) in [6.07, 6.45) is 2.06. The number of aryl methyl sites for hydroxylation is 2. The highest BCUT2D eigenvalue weighted by Crippen LogP contribution is 2.48. The number of ketones is 1. The number of aromatic nitrogens is 1. The van der Waals surface area contributed by atoms with E-state index < -0.39 is 0 Å². The fraction of sp³-hybridized carbons (Fsp3) is 0.600. The fourth-order valence-electron chi connectivity index (χ4n) is 1.24. The lowest BCUT2D eigenvalue weighted by Gasteiger charge is -2.01. The molecule has 0 atom stereocenters. The number of Topliss-reactive ketones (excluding diaryl/α,β-unsaturated/α-hetero) is 1. The Labute approximate surface area is 82.0 Å². The van der Waals surface area contributed by atoms with Crippen molar-refractivity contribution in [2.24, 2.45) is 5.41 Å². The minimum atomic E-state index is -0.0727. The highest BCUT2D eigenvalue weighted by molar-refractivity contribution is 7.13. The summed E-state index contributed by atoms with van der Waals surface area (Å²) in [6, 6.07) is 0. The van der Waals surface area contributed by atoms with Gasteiger partial charge in [0.2, 0.25) is 0 Å². The van der Waals surface area contributed by atoms with Crippen LogP contribution in [0.3, 0.4) is 0 Å². The molecule has 1 aliphatic rings. The van der Waals surface area contributed by atoms with Gasteiger partial charge in [-0.25, -0.2) is 4.98 Å². The third-order valence-electron chi connectivity index (χ3n) is 2.77. The molecule has 1 aromatic heterocycles. The second-order valence-electron chi connectivity index (χ2n) is 4.05. The highest BCUT2D eigenvalue weighted by atomic mass is 32.1. The minimum absolute atomic E-state index is 0.0727. The van der Waals surface area contributed by atoms with Crippen molar-refractivity contribution in [1.29, 1.82) is 0 Å². The lowest BCUT2D eigenvalue weighted by atomic mass is 10.1. The molecule has 3 heteroatoms. The van der Waals surface area contributed by atoms with E-state index in [4.69, 9.17) is 0 Å². The van der Waals surface area contributed by atoms with Gasteiger partial charge in [0.05, 0.1) is 5.69 Å². The summed E-state index contributed by atoms with van der Waals surface area (Å²) in [5.41, 5.74) is 0.925. The van der Waals surface area contributed by atoms with Crippen LogP contribution in [0.4, 0.5) is 0 Å². The molecule has 0 saturated heterocycles. The summed E-state index contributed by atoms with van der Waals surface area (Å²) < 4.78 is 0. The van der Waals surface area contributed by atoms with Crippen LogP contribution in [0.15, 0.2) is 0 Å². The number of carbonyl (C=O) groups is 1. The molecule has 0 unspecified atom stereocenters. The Morgan fingerprint density at radius 2 is 2.08 bits per heavy atom. The summed E-state index contributed by atoms with van der Waals surface area (Å²) in [7, 11) is 0. The zero-order chi connectivity index (χ0) is 9.64.